The molecule has 22 heavy (non-hydrogen) atoms. The Bertz CT molecular complexity index is 855. The molecule has 0 bridgehead atoms. The minimum absolute atomic E-state index is 0.0937. The van der Waals surface area contributed by atoms with Gasteiger partial charge in [0.1, 0.15) is 0 Å². The topological polar surface area (TPSA) is 30.9 Å². The number of nitrogens with zero attached hydrogens (tertiary/aromatic N) is 1. The Balaban J connectivity index is 2.45. The third-order valence-electron chi connectivity index (χ3n) is 4.50. The summed E-state index contributed by atoms with van der Waals surface area (Å²) < 4.78 is 1.84. The predicted molar refractivity (Wildman–Crippen MR) is 97.0 cm³/mol. The van der Waals surface area contributed by atoms with Crippen LogP contribution in [-0.2, 0) is 10.8 Å². The van der Waals surface area contributed by atoms with Crippen molar-refractivity contribution in [2.45, 2.75) is 52.4 Å². The molecule has 0 saturated heterocycles. The van der Waals surface area contributed by atoms with Crippen LogP contribution in [0.2, 0.25) is 0 Å². The Morgan fingerprint density at radius 3 is 2.09 bits per heavy atom. The fourth-order valence-corrected chi connectivity index (χ4v) is 3.19. The number of nitrogens with two attached hydrogens (primary N) is 1. The normalized spacial score (nSPS) is 13.2. The van der Waals surface area contributed by atoms with Crippen molar-refractivity contribution < 1.29 is 0 Å². The van der Waals surface area contributed by atoms with Crippen molar-refractivity contribution in [3.8, 4) is 0 Å². The molecule has 2 aromatic carbocycles. The van der Waals surface area contributed by atoms with E-state index in [1.54, 1.807) is 0 Å². The van der Waals surface area contributed by atoms with Crippen LogP contribution in [0.15, 0.2) is 36.4 Å². The van der Waals surface area contributed by atoms with Crippen LogP contribution in [0, 0.1) is 0 Å². The van der Waals surface area contributed by atoms with Gasteiger partial charge >= 0.3 is 0 Å². The molecule has 0 radical (unpaired) electrons. The van der Waals surface area contributed by atoms with Gasteiger partial charge in [0.25, 0.3) is 0 Å². The fourth-order valence-electron chi connectivity index (χ4n) is 3.19. The van der Waals surface area contributed by atoms with Gasteiger partial charge < -0.3 is 5.84 Å². The molecule has 1 heterocycles. The van der Waals surface area contributed by atoms with Crippen molar-refractivity contribution in [2.75, 3.05) is 5.84 Å². The van der Waals surface area contributed by atoms with Gasteiger partial charge in [-0.15, -0.1) is 0 Å². The highest BCUT2D eigenvalue weighted by atomic mass is 15.3. The molecule has 0 spiro atoms. The maximum atomic E-state index is 6.42. The number of rotatable bonds is 0. The first kappa shape index (κ1) is 15.0. The molecule has 1 aromatic heterocycles. The average Bonchev–Trinajstić information content (AvgIpc) is 2.70. The van der Waals surface area contributed by atoms with Crippen molar-refractivity contribution in [1.82, 2.24) is 4.68 Å². The van der Waals surface area contributed by atoms with Crippen LogP contribution >= 0.6 is 0 Å². The van der Waals surface area contributed by atoms with E-state index < -0.39 is 0 Å². The van der Waals surface area contributed by atoms with Crippen molar-refractivity contribution in [3.05, 3.63) is 47.5 Å². The van der Waals surface area contributed by atoms with Crippen molar-refractivity contribution in [2.24, 2.45) is 0 Å². The largest absolute Gasteiger partial charge is 0.339 e. The van der Waals surface area contributed by atoms with E-state index in [0.29, 0.717) is 0 Å². The highest BCUT2D eigenvalue weighted by molar-refractivity contribution is 6.10. The zero-order valence-corrected chi connectivity index (χ0v) is 14.5. The first-order chi connectivity index (χ1) is 10.1. The maximum Gasteiger partial charge on any atom is 0.0706 e. The molecular formula is C20H26N2. The standard InChI is InChI=1S/C20H26N2/c1-19(2,3)13-10-11-14-17(12-13)22(21)16-9-7-8-15(18(14)16)20(4,5)6/h7-12H,21H2,1-6H3. The SMILES string of the molecule is CC(C)(C)c1ccc2c3c(C(C)(C)C)cccc3n(N)c2c1. The molecule has 2 N–H and O–H groups in total. The number of aromatic nitrogens is 1. The molecule has 2 heteroatoms. The summed E-state index contributed by atoms with van der Waals surface area (Å²) in [7, 11) is 0. The molecule has 0 fully saturated rings. The first-order valence-corrected chi connectivity index (χ1v) is 7.94. The summed E-state index contributed by atoms with van der Waals surface area (Å²) in [5.74, 6) is 6.42. The van der Waals surface area contributed by atoms with Gasteiger partial charge in [0, 0.05) is 10.8 Å². The lowest BCUT2D eigenvalue weighted by atomic mass is 9.83. The molecule has 0 saturated carbocycles. The monoisotopic (exact) mass is 294 g/mol. The molecule has 0 aliphatic rings. The second-order valence-corrected chi connectivity index (χ2v) is 8.30. The van der Waals surface area contributed by atoms with E-state index in [1.807, 2.05) is 4.68 Å². The Hall–Kier alpha value is -1.96. The summed E-state index contributed by atoms with van der Waals surface area (Å²) in [5.41, 5.74) is 5.09. The van der Waals surface area contributed by atoms with Crippen LogP contribution in [0.4, 0.5) is 0 Å². The van der Waals surface area contributed by atoms with Gasteiger partial charge in [-0.05, 0) is 34.1 Å². The van der Waals surface area contributed by atoms with Gasteiger partial charge in [-0.25, -0.2) is 0 Å². The van der Waals surface area contributed by atoms with Gasteiger partial charge in [-0.1, -0.05) is 65.8 Å². The first-order valence-electron chi connectivity index (χ1n) is 7.94. The zero-order valence-electron chi connectivity index (χ0n) is 14.5. The van der Waals surface area contributed by atoms with E-state index in [9.17, 15) is 0 Å². The summed E-state index contributed by atoms with van der Waals surface area (Å²) in [6, 6.07) is 13.1. The second kappa shape index (κ2) is 4.52. The third-order valence-corrected chi connectivity index (χ3v) is 4.50. The minimum Gasteiger partial charge on any atom is -0.339 e. The Labute approximate surface area is 132 Å². The average molecular weight is 294 g/mol. The lowest BCUT2D eigenvalue weighted by Gasteiger charge is -2.21. The summed E-state index contributed by atoms with van der Waals surface area (Å²) in [6.07, 6.45) is 0. The number of hydrogen-bond acceptors (Lipinski definition) is 1. The minimum atomic E-state index is 0.0937. The molecule has 3 rings (SSSR count). The van der Waals surface area contributed by atoms with Crippen LogP contribution in [0.3, 0.4) is 0 Å². The molecule has 116 valence electrons. The van der Waals surface area contributed by atoms with E-state index >= 15 is 0 Å². The summed E-state index contributed by atoms with van der Waals surface area (Å²) >= 11 is 0. The molecule has 3 aromatic rings. The third kappa shape index (κ3) is 2.18. The summed E-state index contributed by atoms with van der Waals surface area (Å²) in [6.45, 7) is 13.5. The van der Waals surface area contributed by atoms with Gasteiger partial charge in [-0.2, -0.15) is 0 Å². The smallest absolute Gasteiger partial charge is 0.0706 e. The molecule has 0 unspecified atom stereocenters. The molecule has 0 aliphatic carbocycles. The van der Waals surface area contributed by atoms with Crippen LogP contribution in [0.1, 0.15) is 52.7 Å². The Morgan fingerprint density at radius 1 is 0.818 bits per heavy atom. The van der Waals surface area contributed by atoms with E-state index in [-0.39, 0.29) is 10.8 Å². The molecule has 0 atom stereocenters. The highest BCUT2D eigenvalue weighted by Gasteiger charge is 2.22. The number of benzene rings is 2. The number of nitrogen functional groups attached to an aromatic ring is 1. The van der Waals surface area contributed by atoms with Crippen molar-refractivity contribution in [1.29, 1.82) is 0 Å². The maximum absolute atomic E-state index is 6.42. The fraction of sp³-hybridized carbons (Fsp3) is 0.400. The lowest BCUT2D eigenvalue weighted by Crippen LogP contribution is -2.12. The van der Waals surface area contributed by atoms with Crippen LogP contribution in [0.25, 0.3) is 21.8 Å². The Kier molecular flexibility index (Phi) is 3.07. The zero-order chi connectivity index (χ0) is 16.3. The van der Waals surface area contributed by atoms with Gasteiger partial charge in [0.05, 0.1) is 11.0 Å². The van der Waals surface area contributed by atoms with E-state index in [4.69, 9.17) is 5.84 Å². The van der Waals surface area contributed by atoms with E-state index in [2.05, 4.69) is 77.9 Å². The molecule has 0 amide bonds. The van der Waals surface area contributed by atoms with Crippen molar-refractivity contribution in [3.63, 3.8) is 0 Å². The van der Waals surface area contributed by atoms with Gasteiger partial charge in [0.15, 0.2) is 0 Å². The second-order valence-electron chi connectivity index (χ2n) is 8.30. The molecule has 0 aliphatic heterocycles. The van der Waals surface area contributed by atoms with Crippen LogP contribution in [0.5, 0.6) is 0 Å². The van der Waals surface area contributed by atoms with Crippen LogP contribution in [-0.4, -0.2) is 4.68 Å². The van der Waals surface area contributed by atoms with E-state index in [1.165, 1.54) is 21.9 Å². The summed E-state index contributed by atoms with van der Waals surface area (Å²) in [5, 5.41) is 2.53. The predicted octanol–water partition coefficient (Wildman–Crippen LogP) is 5.10. The lowest BCUT2D eigenvalue weighted by molar-refractivity contribution is 0.591. The van der Waals surface area contributed by atoms with E-state index in [0.717, 1.165) is 11.0 Å². The number of hydrogen-bond donors (Lipinski definition) is 1. The van der Waals surface area contributed by atoms with Crippen molar-refractivity contribution >= 4 is 21.8 Å². The Morgan fingerprint density at radius 2 is 1.50 bits per heavy atom. The molecular weight excluding hydrogens is 268 g/mol. The van der Waals surface area contributed by atoms with Gasteiger partial charge in [-0.3, -0.25) is 4.68 Å². The summed E-state index contributed by atoms with van der Waals surface area (Å²) in [4.78, 5) is 0. The quantitative estimate of drug-likeness (QED) is 0.574. The van der Waals surface area contributed by atoms with Gasteiger partial charge in [0.2, 0.25) is 0 Å². The van der Waals surface area contributed by atoms with Crippen LogP contribution < -0.4 is 5.84 Å². The highest BCUT2D eigenvalue weighted by Crippen LogP contribution is 2.37. The number of fused-ring (bicyclic) bond motifs is 3. The molecule has 2 nitrogen and oxygen atoms in total.